The maximum atomic E-state index is 12.4. The minimum absolute atomic E-state index is 0.00642. The van der Waals surface area contributed by atoms with E-state index in [0.717, 1.165) is 42.0 Å². The second-order valence-corrected chi connectivity index (χ2v) is 21.5. The van der Waals surface area contributed by atoms with E-state index in [2.05, 4.69) is 50.0 Å². The van der Waals surface area contributed by atoms with Gasteiger partial charge in [-0.25, -0.2) is 9.59 Å². The summed E-state index contributed by atoms with van der Waals surface area (Å²) >= 11 is 12.5. The number of phenols is 8. The number of hydrogen-bond acceptors (Lipinski definition) is 17. The molecule has 2 aliphatic carbocycles. The average molecular weight is 1250 g/mol. The Morgan fingerprint density at radius 2 is 0.787 bits per heavy atom. The second kappa shape index (κ2) is 28.6. The van der Waals surface area contributed by atoms with Crippen LogP contribution in [0.1, 0.15) is 118 Å². The number of carboxylic acids is 2. The molecule has 0 saturated carbocycles. The number of phenolic OH excluding ortho intramolecular Hbond substituents is 8. The highest BCUT2D eigenvalue weighted by molar-refractivity contribution is 7.81. The molecule has 0 amide bonds. The number of rotatable bonds is 8. The lowest BCUT2D eigenvalue weighted by Gasteiger charge is -2.19. The van der Waals surface area contributed by atoms with Gasteiger partial charge < -0.3 is 51.1 Å². The van der Waals surface area contributed by atoms with E-state index in [0.29, 0.717) is 48.9 Å². The van der Waals surface area contributed by atoms with Crippen LogP contribution in [0.4, 0.5) is 0 Å². The Bertz CT molecular complexity index is 4270. The zero-order valence-corrected chi connectivity index (χ0v) is 49.3. The molecule has 89 heavy (non-hydrogen) atoms. The van der Waals surface area contributed by atoms with Crippen LogP contribution in [0.25, 0.3) is 0 Å². The number of thiol groups is 3. The number of aromatic carboxylic acids is 2. The molecule has 0 fully saturated rings. The molecule has 0 atom stereocenters. The van der Waals surface area contributed by atoms with Crippen LogP contribution in [0.3, 0.4) is 0 Å². The highest BCUT2D eigenvalue weighted by atomic mass is 32.1. The smallest absolute Gasteiger partial charge is 0.336 e. The van der Waals surface area contributed by atoms with Crippen LogP contribution >= 0.6 is 37.9 Å². The largest absolute Gasteiger partial charge is 0.508 e. The highest BCUT2D eigenvalue weighted by Gasteiger charge is 2.27. The minimum atomic E-state index is -1.16. The van der Waals surface area contributed by atoms with Gasteiger partial charge in [0.05, 0.1) is 22.3 Å². The molecule has 0 saturated heterocycles. The molecule has 0 unspecified atom stereocenters. The number of fused-ring (bicyclic) bond motifs is 4. The van der Waals surface area contributed by atoms with Crippen molar-refractivity contribution < 1.29 is 79.8 Å². The van der Waals surface area contributed by atoms with Crippen molar-refractivity contribution in [2.75, 3.05) is 0 Å². The predicted molar refractivity (Wildman–Crippen MR) is 340 cm³/mol. The van der Waals surface area contributed by atoms with Crippen molar-refractivity contribution in [3.8, 4) is 46.0 Å². The number of aromatic hydroxyl groups is 8. The number of carboxylic acid groups (broad SMARTS) is 2. The van der Waals surface area contributed by atoms with Gasteiger partial charge in [0, 0.05) is 78.3 Å². The molecule has 10 aromatic carbocycles. The molecule has 12 rings (SSSR count). The molecule has 0 spiro atoms. The van der Waals surface area contributed by atoms with Crippen molar-refractivity contribution in [2.45, 2.75) is 40.4 Å². The molecule has 0 bridgehead atoms. The molecule has 16 nitrogen and oxygen atoms in total. The topological polar surface area (TPSA) is 305 Å². The fraction of sp³-hybridized carbons (Fsp3) is 0.0571. The van der Waals surface area contributed by atoms with E-state index in [1.165, 1.54) is 108 Å². The van der Waals surface area contributed by atoms with Gasteiger partial charge >= 0.3 is 11.9 Å². The summed E-state index contributed by atoms with van der Waals surface area (Å²) < 4.78 is 0. The Balaban J connectivity index is 0.000000144. The maximum absolute atomic E-state index is 12.4. The van der Waals surface area contributed by atoms with E-state index < -0.39 is 17.7 Å². The van der Waals surface area contributed by atoms with Gasteiger partial charge in [-0.15, -0.1) is 37.9 Å². The normalized spacial score (nSPS) is 11.4. The minimum Gasteiger partial charge on any atom is -0.508 e. The molecule has 10 N–H and O–H groups in total. The molecular formula is C70H54O16S3. The fourth-order valence-corrected chi connectivity index (χ4v) is 10.7. The van der Waals surface area contributed by atoms with E-state index >= 15 is 0 Å². The van der Waals surface area contributed by atoms with Crippen LogP contribution < -0.4 is 0 Å². The number of carbonyl (C=O) groups is 6. The zero-order valence-electron chi connectivity index (χ0n) is 46.6. The number of ketones is 4. The molecule has 0 aliphatic heterocycles. The quantitative estimate of drug-likeness (QED) is 0.0497. The van der Waals surface area contributed by atoms with E-state index in [1.807, 2.05) is 24.3 Å². The molecule has 0 radical (unpaired) electrons. The third-order valence-electron chi connectivity index (χ3n) is 14.1. The van der Waals surface area contributed by atoms with Crippen LogP contribution in [0.2, 0.25) is 0 Å². The first kappa shape index (κ1) is 64.3. The summed E-state index contributed by atoms with van der Waals surface area (Å²) in [5.41, 5.74) is 8.36. The zero-order chi connectivity index (χ0) is 64.2. The lowest BCUT2D eigenvalue weighted by atomic mass is 9.84. The van der Waals surface area contributed by atoms with Crippen molar-refractivity contribution in [1.29, 1.82) is 0 Å². The van der Waals surface area contributed by atoms with E-state index in [-0.39, 0.29) is 96.7 Å². The number of benzene rings is 10. The summed E-state index contributed by atoms with van der Waals surface area (Å²) in [5.74, 6) is -3.80. The molecule has 19 heteroatoms. The van der Waals surface area contributed by atoms with Gasteiger partial charge in [-0.05, 0) is 144 Å². The summed E-state index contributed by atoms with van der Waals surface area (Å²) in [6, 6.07) is 52.1. The van der Waals surface area contributed by atoms with E-state index in [9.17, 15) is 59.4 Å². The summed E-state index contributed by atoms with van der Waals surface area (Å²) in [7, 11) is 0. The van der Waals surface area contributed by atoms with Gasteiger partial charge in [0.1, 0.15) is 46.0 Å². The Labute approximate surface area is 525 Å². The lowest BCUT2D eigenvalue weighted by molar-refractivity contribution is 0.0683. The van der Waals surface area contributed by atoms with Gasteiger partial charge in [0.2, 0.25) is 0 Å². The number of carbonyl (C=O) groups excluding carboxylic acids is 4. The summed E-state index contributed by atoms with van der Waals surface area (Å²) in [4.78, 5) is 72.5. The van der Waals surface area contributed by atoms with Crippen molar-refractivity contribution in [2.24, 2.45) is 0 Å². The lowest BCUT2D eigenvalue weighted by Crippen LogP contribution is -2.14. The molecule has 0 aromatic heterocycles. The highest BCUT2D eigenvalue weighted by Crippen LogP contribution is 2.37. The Kier molecular flexibility index (Phi) is 20.7. The second-order valence-electron chi connectivity index (χ2n) is 20.1. The van der Waals surface area contributed by atoms with Gasteiger partial charge in [0.25, 0.3) is 0 Å². The number of hydrogen-bond donors (Lipinski definition) is 13. The first-order valence-electron chi connectivity index (χ1n) is 26.9. The Morgan fingerprint density at radius 3 is 1.35 bits per heavy atom. The summed E-state index contributed by atoms with van der Waals surface area (Å²) in [6.45, 7) is 0. The van der Waals surface area contributed by atoms with Gasteiger partial charge in [0.15, 0.2) is 23.1 Å². The summed E-state index contributed by atoms with van der Waals surface area (Å²) in [5, 5.41) is 93.8. The van der Waals surface area contributed by atoms with Crippen LogP contribution in [-0.2, 0) is 25.7 Å². The van der Waals surface area contributed by atoms with Crippen LogP contribution in [-0.4, -0.2) is 86.1 Å². The van der Waals surface area contributed by atoms with Gasteiger partial charge in [-0.1, -0.05) is 84.9 Å². The Morgan fingerprint density at radius 1 is 0.337 bits per heavy atom. The number of aryl methyl sites for hydroxylation is 2. The van der Waals surface area contributed by atoms with Gasteiger partial charge in [-0.3, -0.25) is 19.2 Å². The maximum Gasteiger partial charge on any atom is 0.336 e. The molecule has 0 heterocycles. The van der Waals surface area contributed by atoms with Crippen molar-refractivity contribution in [3.05, 3.63) is 289 Å². The van der Waals surface area contributed by atoms with E-state index in [4.69, 9.17) is 20.4 Å². The SMILES string of the molecule is O=C(O)c1ccccc1C(=O)c1ccc(O)cc1S.O=C(O)c1ccccc1C(=O)c1ccc(S)cc1S.O=C(c1ccc(O)cc1)c1ccc(O)cc1O.O=C1c2ccccc2Cc2cc(O)cc(O)c21.Oc1cc(O)c2c(c1)CCc1ccccc1C2. The van der Waals surface area contributed by atoms with E-state index in [1.54, 1.807) is 60.7 Å². The predicted octanol–water partition coefficient (Wildman–Crippen LogP) is 12.9. The molecule has 448 valence electrons. The summed E-state index contributed by atoms with van der Waals surface area (Å²) in [6.07, 6.45) is 3.14. The third-order valence-corrected chi connectivity index (χ3v) is 15.1. The average Bonchev–Trinajstić information content (AvgIpc) is 1.30. The first-order valence-corrected chi connectivity index (χ1v) is 28.2. The van der Waals surface area contributed by atoms with Crippen LogP contribution in [0.5, 0.6) is 46.0 Å². The van der Waals surface area contributed by atoms with Crippen molar-refractivity contribution >= 4 is 73.0 Å². The van der Waals surface area contributed by atoms with Crippen molar-refractivity contribution in [1.82, 2.24) is 0 Å². The third kappa shape index (κ3) is 15.6. The monoisotopic (exact) mass is 1250 g/mol. The fourth-order valence-electron chi connectivity index (χ4n) is 9.80. The van der Waals surface area contributed by atoms with Crippen LogP contribution in [0.15, 0.2) is 215 Å². The molecule has 2 aliphatic rings. The standard InChI is InChI=1S/C15H14O2.C14H10O4S.C14H10O3S2.C14H10O3.C13H10O4/c16-13-7-12-6-5-10-3-1-2-4-11(10)8-14(12)15(17)9-13;15-8-5-6-11(12(19)7-8)13(16)9-3-1-2-4-10(9)14(17)18;15-13(11-6-5-8(18)7-12(11)19)9-3-1-2-4-10(9)14(16)17;15-10-6-9-5-8-3-1-2-4-11(8)14(17)13(9)12(16)7-10;14-9-3-1-8(2-4-9)13(17)11-6-5-10(15)7-12(11)16/h1-4,7,9,16-17H,5-6,8H2;1-7,15,19H,(H,17,18);1-7,18-19H,(H,16,17);1-4,6-7,15-16H,5H2;1-7,14-16H. The first-order chi connectivity index (χ1) is 42.5. The van der Waals surface area contributed by atoms with Gasteiger partial charge in [-0.2, -0.15) is 0 Å². The Hall–Kier alpha value is -10.7. The molecule has 10 aromatic rings. The van der Waals surface area contributed by atoms with Crippen molar-refractivity contribution in [3.63, 3.8) is 0 Å². The molecular weight excluding hydrogens is 1190 g/mol. The van der Waals surface area contributed by atoms with Crippen LogP contribution in [0, 0.1) is 0 Å².